The summed E-state index contributed by atoms with van der Waals surface area (Å²) in [5.74, 6) is 0. The molecule has 0 saturated carbocycles. The molecule has 1 aliphatic carbocycles. The van der Waals surface area contributed by atoms with E-state index in [2.05, 4.69) is 43.4 Å². The van der Waals surface area contributed by atoms with E-state index in [0.717, 1.165) is 12.8 Å². The van der Waals surface area contributed by atoms with E-state index in [0.29, 0.717) is 19.2 Å². The molecule has 4 heteroatoms. The van der Waals surface area contributed by atoms with E-state index in [1.165, 1.54) is 11.1 Å². The first-order valence-electron chi connectivity index (χ1n) is 7.19. The Bertz CT molecular complexity index is 434. The predicted molar refractivity (Wildman–Crippen MR) is 76.3 cm³/mol. The highest BCUT2D eigenvalue weighted by molar-refractivity contribution is 5.38. The molecule has 20 heavy (non-hydrogen) atoms. The molecule has 0 bridgehead atoms. The van der Waals surface area contributed by atoms with Gasteiger partial charge in [-0.2, -0.15) is 0 Å². The van der Waals surface area contributed by atoms with Crippen molar-refractivity contribution in [1.29, 1.82) is 0 Å². The van der Waals surface area contributed by atoms with Crippen LogP contribution < -0.4 is 5.32 Å². The standard InChI is InChI=1S/C16H23F2NO/c1-16(2)8-7-14(12-5-3-4-6-13(12)16)19-9-10-20-11-15(17)18/h3-6,14-15,19H,7-11H2,1-2H3. The number of ether oxygens (including phenoxy) is 1. The number of nitrogens with one attached hydrogen (secondary N) is 1. The Morgan fingerprint density at radius 1 is 1.35 bits per heavy atom. The summed E-state index contributed by atoms with van der Waals surface area (Å²) in [5.41, 5.74) is 2.93. The minimum absolute atomic E-state index is 0.209. The fourth-order valence-corrected chi connectivity index (χ4v) is 2.90. The summed E-state index contributed by atoms with van der Waals surface area (Å²) >= 11 is 0. The van der Waals surface area contributed by atoms with E-state index in [1.807, 2.05) is 0 Å². The van der Waals surface area contributed by atoms with Crippen molar-refractivity contribution in [1.82, 2.24) is 5.32 Å². The van der Waals surface area contributed by atoms with E-state index in [1.54, 1.807) is 0 Å². The molecule has 1 aromatic rings. The number of hydrogen-bond donors (Lipinski definition) is 1. The van der Waals surface area contributed by atoms with Gasteiger partial charge in [-0.3, -0.25) is 0 Å². The molecule has 112 valence electrons. The molecule has 0 fully saturated rings. The topological polar surface area (TPSA) is 21.3 Å². The van der Waals surface area contributed by atoms with E-state index in [-0.39, 0.29) is 5.41 Å². The van der Waals surface area contributed by atoms with Gasteiger partial charge in [0, 0.05) is 12.6 Å². The van der Waals surface area contributed by atoms with Crippen LogP contribution in [0.1, 0.15) is 43.9 Å². The lowest BCUT2D eigenvalue weighted by Crippen LogP contribution is -2.34. The molecule has 0 saturated heterocycles. The molecule has 1 unspecified atom stereocenters. The molecule has 0 spiro atoms. The van der Waals surface area contributed by atoms with E-state index in [9.17, 15) is 8.78 Å². The molecule has 0 amide bonds. The maximum absolute atomic E-state index is 12.0. The summed E-state index contributed by atoms with van der Waals surface area (Å²) in [6.07, 6.45) is -0.190. The highest BCUT2D eigenvalue weighted by atomic mass is 19.3. The van der Waals surface area contributed by atoms with Gasteiger partial charge < -0.3 is 10.1 Å². The molecule has 1 N–H and O–H groups in total. The molecule has 1 aliphatic rings. The summed E-state index contributed by atoms with van der Waals surface area (Å²) in [4.78, 5) is 0. The van der Waals surface area contributed by atoms with Crippen LogP contribution in [-0.2, 0) is 10.2 Å². The number of fused-ring (bicyclic) bond motifs is 1. The summed E-state index contributed by atoms with van der Waals surface area (Å²) in [7, 11) is 0. The van der Waals surface area contributed by atoms with Crippen molar-refractivity contribution in [3.05, 3.63) is 35.4 Å². The summed E-state index contributed by atoms with van der Waals surface area (Å²) in [6.45, 7) is 5.00. The average molecular weight is 283 g/mol. The second-order valence-electron chi connectivity index (χ2n) is 5.98. The zero-order valence-corrected chi connectivity index (χ0v) is 12.2. The molecular formula is C16H23F2NO. The van der Waals surface area contributed by atoms with Gasteiger partial charge in [0.15, 0.2) is 0 Å². The van der Waals surface area contributed by atoms with Gasteiger partial charge in [-0.1, -0.05) is 38.1 Å². The third-order valence-electron chi connectivity index (χ3n) is 4.00. The van der Waals surface area contributed by atoms with Crippen molar-refractivity contribution in [3.63, 3.8) is 0 Å². The van der Waals surface area contributed by atoms with Gasteiger partial charge in [0.2, 0.25) is 0 Å². The van der Waals surface area contributed by atoms with E-state index in [4.69, 9.17) is 4.74 Å². The molecule has 1 atom stereocenters. The maximum atomic E-state index is 12.0. The third-order valence-corrected chi connectivity index (χ3v) is 4.00. The van der Waals surface area contributed by atoms with E-state index >= 15 is 0 Å². The largest absolute Gasteiger partial charge is 0.374 e. The summed E-state index contributed by atoms with van der Waals surface area (Å²) in [5, 5.41) is 3.42. The zero-order chi connectivity index (χ0) is 14.6. The monoisotopic (exact) mass is 283 g/mol. The molecule has 0 aromatic heterocycles. The van der Waals surface area contributed by atoms with Crippen molar-refractivity contribution >= 4 is 0 Å². The molecule has 2 nitrogen and oxygen atoms in total. The van der Waals surface area contributed by atoms with Crippen LogP contribution in [-0.4, -0.2) is 26.2 Å². The lowest BCUT2D eigenvalue weighted by molar-refractivity contribution is 0.0180. The highest BCUT2D eigenvalue weighted by Gasteiger charge is 2.31. The Balaban J connectivity index is 1.91. The number of alkyl halides is 2. The van der Waals surface area contributed by atoms with Crippen LogP contribution in [0, 0.1) is 0 Å². The van der Waals surface area contributed by atoms with Crippen LogP contribution >= 0.6 is 0 Å². The van der Waals surface area contributed by atoms with Crippen molar-refractivity contribution in [3.8, 4) is 0 Å². The molecular weight excluding hydrogens is 260 g/mol. The van der Waals surface area contributed by atoms with Crippen molar-refractivity contribution in [2.45, 2.75) is 44.6 Å². The third kappa shape index (κ3) is 3.76. The summed E-state index contributed by atoms with van der Waals surface area (Å²) in [6, 6.07) is 8.79. The molecule has 2 rings (SSSR count). The lowest BCUT2D eigenvalue weighted by atomic mass is 9.71. The summed E-state index contributed by atoms with van der Waals surface area (Å²) < 4.78 is 28.8. The maximum Gasteiger partial charge on any atom is 0.261 e. The molecule has 0 radical (unpaired) electrons. The van der Waals surface area contributed by atoms with Gasteiger partial charge in [-0.25, -0.2) is 8.78 Å². The van der Waals surface area contributed by atoms with Gasteiger partial charge in [0.05, 0.1) is 6.61 Å². The highest BCUT2D eigenvalue weighted by Crippen LogP contribution is 2.41. The average Bonchev–Trinajstić information content (AvgIpc) is 2.41. The van der Waals surface area contributed by atoms with Crippen LogP contribution in [0.3, 0.4) is 0 Å². The first-order valence-corrected chi connectivity index (χ1v) is 7.19. The Morgan fingerprint density at radius 2 is 2.10 bits per heavy atom. The van der Waals surface area contributed by atoms with E-state index < -0.39 is 13.0 Å². The van der Waals surface area contributed by atoms with Crippen molar-refractivity contribution < 1.29 is 13.5 Å². The second-order valence-corrected chi connectivity index (χ2v) is 5.98. The van der Waals surface area contributed by atoms with Gasteiger partial charge in [-0.15, -0.1) is 0 Å². The minimum Gasteiger partial charge on any atom is -0.374 e. The van der Waals surface area contributed by atoms with Crippen LogP contribution in [0.25, 0.3) is 0 Å². The van der Waals surface area contributed by atoms with Crippen LogP contribution in [0.4, 0.5) is 8.78 Å². The lowest BCUT2D eigenvalue weighted by Gasteiger charge is -2.37. The Kier molecular flexibility index (Phi) is 5.11. The minimum atomic E-state index is -2.38. The predicted octanol–water partition coefficient (Wildman–Crippen LogP) is 3.67. The molecule has 0 heterocycles. The quantitative estimate of drug-likeness (QED) is 0.804. The fourth-order valence-electron chi connectivity index (χ4n) is 2.90. The Hall–Kier alpha value is -1.00. The number of halogens is 2. The number of benzene rings is 1. The van der Waals surface area contributed by atoms with Gasteiger partial charge in [0.1, 0.15) is 6.61 Å². The van der Waals surface area contributed by atoms with Crippen LogP contribution in [0.15, 0.2) is 24.3 Å². The van der Waals surface area contributed by atoms with Crippen LogP contribution in [0.2, 0.25) is 0 Å². The van der Waals surface area contributed by atoms with Gasteiger partial charge in [0.25, 0.3) is 6.43 Å². The van der Waals surface area contributed by atoms with Gasteiger partial charge in [-0.05, 0) is 29.4 Å². The Labute approximate surface area is 119 Å². The fraction of sp³-hybridized carbons (Fsp3) is 0.625. The van der Waals surface area contributed by atoms with Crippen molar-refractivity contribution in [2.24, 2.45) is 0 Å². The zero-order valence-electron chi connectivity index (χ0n) is 12.2. The number of rotatable bonds is 6. The van der Waals surface area contributed by atoms with Gasteiger partial charge >= 0.3 is 0 Å². The first kappa shape index (κ1) is 15.4. The van der Waals surface area contributed by atoms with Crippen molar-refractivity contribution in [2.75, 3.05) is 19.8 Å². The normalized spacial score (nSPS) is 20.9. The molecule has 0 aliphatic heterocycles. The SMILES string of the molecule is CC1(C)CCC(NCCOCC(F)F)c2ccccc21. The molecule has 1 aromatic carbocycles. The first-order chi connectivity index (χ1) is 9.50. The number of hydrogen-bond acceptors (Lipinski definition) is 2. The Morgan fingerprint density at radius 3 is 2.85 bits per heavy atom. The second kappa shape index (κ2) is 6.64. The smallest absolute Gasteiger partial charge is 0.261 e. The van der Waals surface area contributed by atoms with Crippen LogP contribution in [0.5, 0.6) is 0 Å².